The summed E-state index contributed by atoms with van der Waals surface area (Å²) < 4.78 is 45.6. The maximum Gasteiger partial charge on any atom is 0.490 e. The number of hydrogen-bond acceptors (Lipinski definition) is 3. The van der Waals surface area contributed by atoms with Gasteiger partial charge in [-0.25, -0.2) is 9.18 Å². The molecule has 11 heteroatoms. The minimum Gasteiger partial charge on any atom is -0.475 e. The fourth-order valence-corrected chi connectivity index (χ4v) is 3.22. The average Bonchev–Trinajstić information content (AvgIpc) is 3.19. The minimum absolute atomic E-state index is 0.0582. The number of hydrogen-bond donors (Lipinski definition) is 3. The lowest BCUT2D eigenvalue weighted by Crippen LogP contribution is -2.31. The van der Waals surface area contributed by atoms with Crippen LogP contribution in [-0.2, 0) is 11.2 Å². The summed E-state index contributed by atoms with van der Waals surface area (Å²) in [6.07, 6.45) is 0.697. The summed E-state index contributed by atoms with van der Waals surface area (Å²) in [6.45, 7) is 0.638. The molecule has 33 heavy (non-hydrogen) atoms. The van der Waals surface area contributed by atoms with Gasteiger partial charge in [0.15, 0.2) is 0 Å². The van der Waals surface area contributed by atoms with E-state index in [0.717, 1.165) is 23.4 Å². The second kappa shape index (κ2) is 9.86. The average molecular weight is 482 g/mol. The first-order valence-corrected chi connectivity index (χ1v) is 9.83. The van der Waals surface area contributed by atoms with Crippen molar-refractivity contribution in [3.05, 3.63) is 75.9 Å². The molecular weight excluding hydrogens is 466 g/mol. The molecule has 0 saturated heterocycles. The highest BCUT2D eigenvalue weighted by molar-refractivity contribution is 6.32. The van der Waals surface area contributed by atoms with Gasteiger partial charge in [0.1, 0.15) is 5.82 Å². The summed E-state index contributed by atoms with van der Waals surface area (Å²) in [5.74, 6) is -3.20. The standard InChI is InChI=1S/C20H15ClFN3O.C2HF3O2/c21-16-2-1-3-17(22)14(16)5-4-13-10-12(6-8-23-13)19-11-15-18(25-19)7-9-24-20(15)26;3-2(4,5)1(6)7/h1-6,8,10-11,25H,7,9H2,(H,24,26);(H,6,7). The molecule has 172 valence electrons. The second-order valence-corrected chi connectivity index (χ2v) is 7.23. The highest BCUT2D eigenvalue weighted by Crippen LogP contribution is 2.25. The molecular formula is C22H16ClF4N3O3. The van der Waals surface area contributed by atoms with E-state index in [-0.39, 0.29) is 11.7 Å². The maximum absolute atomic E-state index is 13.9. The van der Waals surface area contributed by atoms with Crippen molar-refractivity contribution < 1.29 is 32.3 Å². The van der Waals surface area contributed by atoms with Crippen molar-refractivity contribution in [2.45, 2.75) is 12.6 Å². The number of fused-ring (bicyclic) bond motifs is 1. The van der Waals surface area contributed by atoms with Gasteiger partial charge < -0.3 is 15.4 Å². The Morgan fingerprint density at radius 3 is 2.55 bits per heavy atom. The summed E-state index contributed by atoms with van der Waals surface area (Å²) >= 11 is 6.04. The number of alkyl halides is 3. The first kappa shape index (κ1) is 24.0. The molecule has 1 aromatic carbocycles. The quantitative estimate of drug-likeness (QED) is 0.461. The Morgan fingerprint density at radius 1 is 1.18 bits per heavy atom. The van der Waals surface area contributed by atoms with Gasteiger partial charge in [-0.2, -0.15) is 13.2 Å². The number of carboxylic acids is 1. The lowest BCUT2D eigenvalue weighted by Gasteiger charge is -2.10. The first-order chi connectivity index (χ1) is 15.6. The zero-order valence-corrected chi connectivity index (χ0v) is 17.5. The van der Waals surface area contributed by atoms with Crippen LogP contribution in [0.5, 0.6) is 0 Å². The van der Waals surface area contributed by atoms with Crippen molar-refractivity contribution in [2.75, 3.05) is 6.54 Å². The molecule has 0 unspecified atom stereocenters. The molecule has 3 aromatic rings. The number of nitrogens with zero attached hydrogens (tertiary/aromatic N) is 1. The lowest BCUT2D eigenvalue weighted by molar-refractivity contribution is -0.192. The minimum atomic E-state index is -5.08. The van der Waals surface area contributed by atoms with E-state index in [1.807, 2.05) is 18.2 Å². The smallest absolute Gasteiger partial charge is 0.475 e. The molecule has 1 aliphatic rings. The van der Waals surface area contributed by atoms with Gasteiger partial charge in [-0.15, -0.1) is 0 Å². The van der Waals surface area contributed by atoms with Gasteiger partial charge in [0.2, 0.25) is 0 Å². The molecule has 0 atom stereocenters. The van der Waals surface area contributed by atoms with Crippen molar-refractivity contribution in [3.63, 3.8) is 0 Å². The molecule has 6 nitrogen and oxygen atoms in total. The van der Waals surface area contributed by atoms with Gasteiger partial charge in [0.05, 0.1) is 16.3 Å². The van der Waals surface area contributed by atoms with Gasteiger partial charge in [0, 0.05) is 41.7 Å². The number of aliphatic carboxylic acids is 1. The summed E-state index contributed by atoms with van der Waals surface area (Å²) in [5.41, 5.74) is 4.37. The van der Waals surface area contributed by atoms with Crippen LogP contribution in [0.4, 0.5) is 17.6 Å². The molecule has 4 rings (SSSR count). The van der Waals surface area contributed by atoms with Crippen LogP contribution in [0.15, 0.2) is 42.6 Å². The predicted octanol–water partition coefficient (Wildman–Crippen LogP) is 4.96. The van der Waals surface area contributed by atoms with Gasteiger partial charge in [-0.3, -0.25) is 9.78 Å². The van der Waals surface area contributed by atoms with E-state index in [0.29, 0.717) is 28.4 Å². The Labute approximate surface area is 189 Å². The number of aromatic amines is 1. The molecule has 3 heterocycles. The maximum atomic E-state index is 13.9. The third-order valence-corrected chi connectivity index (χ3v) is 4.89. The fraction of sp³-hybridized carbons (Fsp3) is 0.136. The van der Waals surface area contributed by atoms with Crippen LogP contribution in [0.3, 0.4) is 0 Å². The Bertz CT molecular complexity index is 1200. The highest BCUT2D eigenvalue weighted by Gasteiger charge is 2.38. The Morgan fingerprint density at radius 2 is 1.91 bits per heavy atom. The Kier molecular flexibility index (Phi) is 7.17. The number of halogens is 5. The molecule has 0 radical (unpaired) electrons. The van der Waals surface area contributed by atoms with Crippen LogP contribution in [0, 0.1) is 5.82 Å². The first-order valence-electron chi connectivity index (χ1n) is 9.45. The molecule has 0 bridgehead atoms. The topological polar surface area (TPSA) is 95.1 Å². The highest BCUT2D eigenvalue weighted by atomic mass is 35.5. The number of rotatable bonds is 3. The SMILES string of the molecule is O=C(O)C(F)(F)F.O=C1NCCc2[nH]c(-c3ccnc(C=Cc4c(F)cccc4Cl)c3)cc21. The molecule has 0 spiro atoms. The van der Waals surface area contributed by atoms with Gasteiger partial charge in [-0.05, 0) is 42.5 Å². The summed E-state index contributed by atoms with van der Waals surface area (Å²) in [6, 6.07) is 10.2. The summed E-state index contributed by atoms with van der Waals surface area (Å²) in [7, 11) is 0. The number of nitrogens with one attached hydrogen (secondary N) is 2. The van der Waals surface area contributed by atoms with Crippen LogP contribution in [0.1, 0.15) is 27.3 Å². The third-order valence-electron chi connectivity index (χ3n) is 4.56. The number of carboxylic acid groups (broad SMARTS) is 1. The number of benzene rings is 1. The van der Waals surface area contributed by atoms with Crippen LogP contribution in [-0.4, -0.2) is 39.7 Å². The molecule has 2 aromatic heterocycles. The van der Waals surface area contributed by atoms with Gasteiger partial charge >= 0.3 is 12.1 Å². The van der Waals surface area contributed by atoms with E-state index >= 15 is 0 Å². The van der Waals surface area contributed by atoms with Crippen molar-refractivity contribution >= 4 is 35.6 Å². The number of amides is 1. The van der Waals surface area contributed by atoms with Crippen molar-refractivity contribution in [2.24, 2.45) is 0 Å². The molecule has 0 fully saturated rings. The lowest BCUT2D eigenvalue weighted by atomic mass is 10.1. The zero-order chi connectivity index (χ0) is 24.2. The van der Waals surface area contributed by atoms with Crippen molar-refractivity contribution in [1.82, 2.24) is 15.3 Å². The predicted molar refractivity (Wildman–Crippen MR) is 114 cm³/mol. The molecule has 0 saturated carbocycles. The number of H-pyrrole nitrogens is 1. The van der Waals surface area contributed by atoms with E-state index in [4.69, 9.17) is 21.5 Å². The number of aromatic nitrogens is 2. The zero-order valence-electron chi connectivity index (χ0n) is 16.7. The van der Waals surface area contributed by atoms with E-state index < -0.39 is 12.1 Å². The monoisotopic (exact) mass is 481 g/mol. The number of carbonyl (C=O) groups is 2. The summed E-state index contributed by atoms with van der Waals surface area (Å²) in [5, 5.41) is 10.3. The van der Waals surface area contributed by atoms with Gasteiger partial charge in [-0.1, -0.05) is 17.7 Å². The van der Waals surface area contributed by atoms with Crippen LogP contribution in [0.25, 0.3) is 23.4 Å². The Hall–Kier alpha value is -3.66. The number of carbonyl (C=O) groups excluding carboxylic acids is 1. The summed E-state index contributed by atoms with van der Waals surface area (Å²) in [4.78, 5) is 28.4. The molecule has 0 aliphatic carbocycles. The van der Waals surface area contributed by atoms with Crippen LogP contribution in [0.2, 0.25) is 5.02 Å². The van der Waals surface area contributed by atoms with E-state index in [1.54, 1.807) is 30.5 Å². The molecule has 3 N–H and O–H groups in total. The van der Waals surface area contributed by atoms with Crippen molar-refractivity contribution in [1.29, 1.82) is 0 Å². The second-order valence-electron chi connectivity index (χ2n) is 6.82. The number of pyridine rings is 1. The van der Waals surface area contributed by atoms with Crippen molar-refractivity contribution in [3.8, 4) is 11.3 Å². The van der Waals surface area contributed by atoms with E-state index in [1.165, 1.54) is 6.07 Å². The molecule has 1 aliphatic heterocycles. The Balaban J connectivity index is 0.000000383. The van der Waals surface area contributed by atoms with Crippen LogP contribution < -0.4 is 5.32 Å². The molecule has 1 amide bonds. The van der Waals surface area contributed by atoms with Gasteiger partial charge in [0.25, 0.3) is 5.91 Å². The largest absolute Gasteiger partial charge is 0.490 e. The fourth-order valence-electron chi connectivity index (χ4n) is 2.99. The normalized spacial score (nSPS) is 13.2. The van der Waals surface area contributed by atoms with E-state index in [9.17, 15) is 22.4 Å². The van der Waals surface area contributed by atoms with Crippen LogP contribution >= 0.6 is 11.6 Å². The van der Waals surface area contributed by atoms with E-state index in [2.05, 4.69) is 15.3 Å². The third kappa shape index (κ3) is 5.98.